The van der Waals surface area contributed by atoms with Crippen LogP contribution in [0.1, 0.15) is 0 Å². The normalized spacial score (nSPS) is 17.9. The average Bonchev–Trinajstić information content (AvgIpc) is 2.66. The lowest BCUT2D eigenvalue weighted by Gasteiger charge is -2.26. The van der Waals surface area contributed by atoms with Crippen LogP contribution >= 0.6 is 27.3 Å². The van der Waals surface area contributed by atoms with Crippen LogP contribution in [0.4, 0.5) is 5.13 Å². The van der Waals surface area contributed by atoms with Gasteiger partial charge in [0.15, 0.2) is 5.13 Å². The summed E-state index contributed by atoms with van der Waals surface area (Å²) in [5.41, 5.74) is 0. The molecular formula is C9H15BrN4S. The Morgan fingerprint density at radius 1 is 1.53 bits per heavy atom. The van der Waals surface area contributed by atoms with E-state index in [9.17, 15) is 0 Å². The molecule has 1 aliphatic rings. The zero-order chi connectivity index (χ0) is 10.5. The van der Waals surface area contributed by atoms with E-state index in [0.717, 1.165) is 49.0 Å². The van der Waals surface area contributed by atoms with Gasteiger partial charge in [-0.15, -0.1) is 11.3 Å². The fourth-order valence-corrected chi connectivity index (χ4v) is 2.76. The van der Waals surface area contributed by atoms with Crippen LogP contribution in [-0.4, -0.2) is 49.2 Å². The van der Waals surface area contributed by atoms with Gasteiger partial charge in [-0.3, -0.25) is 4.90 Å². The van der Waals surface area contributed by atoms with Crippen molar-refractivity contribution in [2.75, 3.05) is 44.6 Å². The minimum Gasteiger partial charge on any atom is -0.360 e. The van der Waals surface area contributed by atoms with Crippen LogP contribution in [0, 0.1) is 0 Å². The molecule has 4 nitrogen and oxygen atoms in total. The Balaban J connectivity index is 1.65. The zero-order valence-electron chi connectivity index (χ0n) is 8.50. The first kappa shape index (κ1) is 11.3. The number of hydrogen-bond acceptors (Lipinski definition) is 5. The van der Waals surface area contributed by atoms with Crippen LogP contribution in [-0.2, 0) is 0 Å². The summed E-state index contributed by atoms with van der Waals surface area (Å²) in [5.74, 6) is 0. The molecule has 0 radical (unpaired) electrons. The third kappa shape index (κ3) is 3.71. The molecule has 0 bridgehead atoms. The lowest BCUT2D eigenvalue weighted by Crippen LogP contribution is -2.45. The second-order valence-electron chi connectivity index (χ2n) is 3.49. The quantitative estimate of drug-likeness (QED) is 0.875. The van der Waals surface area contributed by atoms with Gasteiger partial charge in [0.25, 0.3) is 0 Å². The van der Waals surface area contributed by atoms with Crippen LogP contribution < -0.4 is 10.6 Å². The van der Waals surface area contributed by atoms with Crippen molar-refractivity contribution in [1.82, 2.24) is 15.2 Å². The minimum absolute atomic E-state index is 0.914. The monoisotopic (exact) mass is 290 g/mol. The Labute approximate surface area is 102 Å². The van der Waals surface area contributed by atoms with Crippen LogP contribution in [0.25, 0.3) is 0 Å². The molecule has 1 saturated heterocycles. The maximum Gasteiger partial charge on any atom is 0.183 e. The summed E-state index contributed by atoms with van der Waals surface area (Å²) < 4.78 is 0.914. The molecule has 0 atom stereocenters. The molecule has 2 heterocycles. The summed E-state index contributed by atoms with van der Waals surface area (Å²) >= 11 is 4.98. The number of piperazine rings is 1. The smallest absolute Gasteiger partial charge is 0.183 e. The van der Waals surface area contributed by atoms with Crippen molar-refractivity contribution in [2.24, 2.45) is 0 Å². The number of nitrogens with zero attached hydrogens (tertiary/aromatic N) is 2. The molecule has 84 valence electrons. The van der Waals surface area contributed by atoms with E-state index in [1.807, 2.05) is 5.38 Å². The van der Waals surface area contributed by atoms with E-state index in [1.54, 1.807) is 11.3 Å². The van der Waals surface area contributed by atoms with Gasteiger partial charge in [0.05, 0.1) is 0 Å². The van der Waals surface area contributed by atoms with Gasteiger partial charge in [0.2, 0.25) is 0 Å². The van der Waals surface area contributed by atoms with Crippen molar-refractivity contribution in [3.63, 3.8) is 0 Å². The molecule has 0 aliphatic carbocycles. The van der Waals surface area contributed by atoms with Crippen molar-refractivity contribution in [3.8, 4) is 0 Å². The Morgan fingerprint density at radius 2 is 2.33 bits per heavy atom. The fourth-order valence-electron chi connectivity index (χ4n) is 1.59. The molecule has 2 N–H and O–H groups in total. The van der Waals surface area contributed by atoms with Crippen LogP contribution in [0.2, 0.25) is 0 Å². The van der Waals surface area contributed by atoms with Gasteiger partial charge in [0, 0.05) is 44.6 Å². The van der Waals surface area contributed by atoms with E-state index in [0.29, 0.717) is 0 Å². The molecule has 6 heteroatoms. The molecule has 0 saturated carbocycles. The van der Waals surface area contributed by atoms with Crippen LogP contribution in [0.5, 0.6) is 0 Å². The van der Waals surface area contributed by atoms with Gasteiger partial charge in [-0.05, 0) is 15.9 Å². The lowest BCUT2D eigenvalue weighted by atomic mass is 10.3. The summed E-state index contributed by atoms with van der Waals surface area (Å²) in [7, 11) is 0. The standard InChI is InChI=1S/C9H15BrN4S/c10-8-7-15-9(13-8)12-3-6-14-4-1-11-2-5-14/h7,11H,1-6H2,(H,12,13). The number of nitrogens with one attached hydrogen (secondary N) is 2. The molecule has 1 fully saturated rings. The van der Waals surface area contributed by atoms with Gasteiger partial charge in [-0.2, -0.15) is 0 Å². The second-order valence-corrected chi connectivity index (χ2v) is 5.16. The van der Waals surface area contributed by atoms with Crippen LogP contribution in [0.15, 0.2) is 9.98 Å². The molecule has 1 aliphatic heterocycles. The highest BCUT2D eigenvalue weighted by atomic mass is 79.9. The van der Waals surface area contributed by atoms with Crippen LogP contribution in [0.3, 0.4) is 0 Å². The Morgan fingerprint density at radius 3 is 3.00 bits per heavy atom. The van der Waals surface area contributed by atoms with Crippen molar-refractivity contribution in [1.29, 1.82) is 0 Å². The Kier molecular flexibility index (Phi) is 4.37. The predicted molar refractivity (Wildman–Crippen MR) is 67.6 cm³/mol. The highest BCUT2D eigenvalue weighted by Gasteiger charge is 2.08. The maximum absolute atomic E-state index is 4.29. The van der Waals surface area contributed by atoms with E-state index < -0.39 is 0 Å². The minimum atomic E-state index is 0.914. The number of anilines is 1. The first-order chi connectivity index (χ1) is 7.34. The van der Waals surface area contributed by atoms with Crippen molar-refractivity contribution < 1.29 is 0 Å². The number of rotatable bonds is 4. The van der Waals surface area contributed by atoms with E-state index in [2.05, 4.69) is 36.4 Å². The largest absolute Gasteiger partial charge is 0.360 e. The fraction of sp³-hybridized carbons (Fsp3) is 0.667. The number of aromatic nitrogens is 1. The van der Waals surface area contributed by atoms with E-state index in [1.165, 1.54) is 0 Å². The summed E-state index contributed by atoms with van der Waals surface area (Å²) in [6, 6.07) is 0. The van der Waals surface area contributed by atoms with Crippen molar-refractivity contribution >= 4 is 32.4 Å². The molecule has 0 aromatic carbocycles. The third-order valence-electron chi connectivity index (χ3n) is 2.39. The van der Waals surface area contributed by atoms with Gasteiger partial charge < -0.3 is 10.6 Å². The number of thiazole rings is 1. The Bertz CT molecular complexity index is 298. The first-order valence-corrected chi connectivity index (χ1v) is 6.80. The highest BCUT2D eigenvalue weighted by molar-refractivity contribution is 9.10. The summed E-state index contributed by atoms with van der Waals surface area (Å²) in [5, 5.41) is 9.67. The SMILES string of the molecule is Brc1csc(NCCN2CCNCC2)n1. The predicted octanol–water partition coefficient (Wildman–Crippen LogP) is 1.22. The van der Waals surface area contributed by atoms with Gasteiger partial charge in [0.1, 0.15) is 4.60 Å². The van der Waals surface area contributed by atoms with E-state index in [4.69, 9.17) is 0 Å². The molecular weight excluding hydrogens is 276 g/mol. The third-order valence-corrected chi connectivity index (χ3v) is 3.90. The summed E-state index contributed by atoms with van der Waals surface area (Å²) in [6.45, 7) is 6.61. The summed E-state index contributed by atoms with van der Waals surface area (Å²) in [6.07, 6.45) is 0. The zero-order valence-corrected chi connectivity index (χ0v) is 10.9. The molecule has 1 aromatic rings. The molecule has 0 amide bonds. The highest BCUT2D eigenvalue weighted by Crippen LogP contribution is 2.18. The average molecular weight is 291 g/mol. The lowest BCUT2D eigenvalue weighted by molar-refractivity contribution is 0.249. The second kappa shape index (κ2) is 5.79. The van der Waals surface area contributed by atoms with Crippen molar-refractivity contribution in [3.05, 3.63) is 9.98 Å². The van der Waals surface area contributed by atoms with E-state index in [-0.39, 0.29) is 0 Å². The molecule has 0 spiro atoms. The number of hydrogen-bond donors (Lipinski definition) is 2. The topological polar surface area (TPSA) is 40.2 Å². The molecule has 1 aromatic heterocycles. The van der Waals surface area contributed by atoms with Gasteiger partial charge in [-0.25, -0.2) is 4.98 Å². The van der Waals surface area contributed by atoms with Crippen molar-refractivity contribution in [2.45, 2.75) is 0 Å². The van der Waals surface area contributed by atoms with E-state index >= 15 is 0 Å². The molecule has 0 unspecified atom stereocenters. The number of halogens is 1. The Hall–Kier alpha value is -0.170. The van der Waals surface area contributed by atoms with Gasteiger partial charge >= 0.3 is 0 Å². The first-order valence-electron chi connectivity index (χ1n) is 5.12. The molecule has 15 heavy (non-hydrogen) atoms. The molecule has 2 rings (SSSR count). The maximum atomic E-state index is 4.29. The van der Waals surface area contributed by atoms with Gasteiger partial charge in [-0.1, -0.05) is 0 Å². The summed E-state index contributed by atoms with van der Waals surface area (Å²) in [4.78, 5) is 6.75.